The zero-order valence-corrected chi connectivity index (χ0v) is 15.2. The minimum Gasteiger partial charge on any atom is -0.337 e. The molecule has 0 spiro atoms. The van der Waals surface area contributed by atoms with Crippen molar-refractivity contribution in [2.45, 2.75) is 19.8 Å². The summed E-state index contributed by atoms with van der Waals surface area (Å²) in [6.07, 6.45) is 5.51. The van der Waals surface area contributed by atoms with Crippen molar-refractivity contribution >= 4 is 11.8 Å². The van der Waals surface area contributed by atoms with Gasteiger partial charge in [0.2, 0.25) is 5.88 Å². The van der Waals surface area contributed by atoms with E-state index >= 15 is 0 Å². The van der Waals surface area contributed by atoms with E-state index in [1.165, 1.54) is 0 Å². The number of hydrogen-bond donors (Lipinski definition) is 2. The molecule has 1 atom stereocenters. The van der Waals surface area contributed by atoms with Crippen LogP contribution in [0.25, 0.3) is 11.1 Å². The van der Waals surface area contributed by atoms with Crippen molar-refractivity contribution < 1.29 is 9.32 Å². The zero-order valence-electron chi connectivity index (χ0n) is 15.2. The predicted octanol–water partition coefficient (Wildman–Crippen LogP) is 3.45. The molecule has 138 valence electrons. The molecule has 1 unspecified atom stereocenters. The second-order valence-corrected chi connectivity index (χ2v) is 6.94. The molecule has 2 N–H and O–H groups in total. The minimum absolute atomic E-state index is 0.248. The molecule has 1 saturated heterocycles. The maximum atomic E-state index is 12.7. The Bertz CT molecular complexity index is 930. The van der Waals surface area contributed by atoms with E-state index in [1.54, 1.807) is 6.20 Å². The van der Waals surface area contributed by atoms with Gasteiger partial charge >= 0.3 is 0 Å². The maximum Gasteiger partial charge on any atom is 0.259 e. The van der Waals surface area contributed by atoms with Crippen molar-refractivity contribution in [2.75, 3.05) is 18.4 Å². The van der Waals surface area contributed by atoms with E-state index in [0.29, 0.717) is 17.4 Å². The molecule has 2 aromatic heterocycles. The van der Waals surface area contributed by atoms with Gasteiger partial charge in [-0.05, 0) is 56.0 Å². The summed E-state index contributed by atoms with van der Waals surface area (Å²) in [7, 11) is 0. The van der Waals surface area contributed by atoms with Crippen LogP contribution in [0.5, 0.6) is 0 Å². The number of hydrogen-bond acceptors (Lipinski definition) is 5. The first-order valence-electron chi connectivity index (χ1n) is 9.18. The van der Waals surface area contributed by atoms with Crippen molar-refractivity contribution in [2.24, 2.45) is 5.92 Å². The summed E-state index contributed by atoms with van der Waals surface area (Å²) in [4.78, 5) is 17.0. The van der Waals surface area contributed by atoms with Crippen LogP contribution >= 0.6 is 0 Å². The van der Waals surface area contributed by atoms with Gasteiger partial charge in [0.1, 0.15) is 0 Å². The number of amides is 1. The highest BCUT2D eigenvalue weighted by atomic mass is 16.5. The lowest BCUT2D eigenvalue weighted by molar-refractivity contribution is 0.102. The van der Waals surface area contributed by atoms with Crippen LogP contribution in [-0.4, -0.2) is 29.1 Å². The van der Waals surface area contributed by atoms with Gasteiger partial charge in [-0.15, -0.1) is 0 Å². The SMILES string of the molecule is Cc1noc(NC(=O)c2cncc(CC3CCNC3)c2)c1-c1ccccc1. The van der Waals surface area contributed by atoms with Crippen LogP contribution in [0.1, 0.15) is 28.0 Å². The topological polar surface area (TPSA) is 80.1 Å². The maximum absolute atomic E-state index is 12.7. The van der Waals surface area contributed by atoms with Gasteiger partial charge in [-0.1, -0.05) is 35.5 Å². The van der Waals surface area contributed by atoms with Gasteiger partial charge in [0.25, 0.3) is 5.91 Å². The molecule has 0 aliphatic carbocycles. The van der Waals surface area contributed by atoms with Crippen molar-refractivity contribution in [1.82, 2.24) is 15.5 Å². The Balaban J connectivity index is 1.53. The number of aryl methyl sites for hydroxylation is 1. The van der Waals surface area contributed by atoms with Crippen LogP contribution in [0.15, 0.2) is 53.3 Å². The lowest BCUT2D eigenvalue weighted by Gasteiger charge is -2.09. The Labute approximate surface area is 158 Å². The Morgan fingerprint density at radius 2 is 2.15 bits per heavy atom. The number of carbonyl (C=O) groups is 1. The molecule has 6 nitrogen and oxygen atoms in total. The molecule has 0 saturated carbocycles. The first-order chi connectivity index (χ1) is 13.2. The van der Waals surface area contributed by atoms with E-state index < -0.39 is 0 Å². The van der Waals surface area contributed by atoms with Gasteiger partial charge in [0.15, 0.2) is 0 Å². The van der Waals surface area contributed by atoms with E-state index in [-0.39, 0.29) is 5.91 Å². The third-order valence-corrected chi connectivity index (χ3v) is 4.90. The van der Waals surface area contributed by atoms with Gasteiger partial charge in [-0.3, -0.25) is 15.1 Å². The zero-order chi connectivity index (χ0) is 18.6. The highest BCUT2D eigenvalue weighted by molar-refractivity contribution is 6.05. The third kappa shape index (κ3) is 3.90. The second-order valence-electron chi connectivity index (χ2n) is 6.94. The molecule has 6 heteroatoms. The fraction of sp³-hybridized carbons (Fsp3) is 0.286. The summed E-state index contributed by atoms with van der Waals surface area (Å²) in [6.45, 7) is 3.94. The molecule has 4 rings (SSSR count). The summed E-state index contributed by atoms with van der Waals surface area (Å²) < 4.78 is 5.37. The van der Waals surface area contributed by atoms with Crippen LogP contribution in [0.2, 0.25) is 0 Å². The Morgan fingerprint density at radius 3 is 2.93 bits per heavy atom. The van der Waals surface area contributed by atoms with Crippen LogP contribution in [-0.2, 0) is 6.42 Å². The highest BCUT2D eigenvalue weighted by Gasteiger charge is 2.19. The van der Waals surface area contributed by atoms with E-state index in [4.69, 9.17) is 4.52 Å². The van der Waals surface area contributed by atoms with Gasteiger partial charge < -0.3 is 9.84 Å². The van der Waals surface area contributed by atoms with Crippen molar-refractivity contribution in [1.29, 1.82) is 0 Å². The second kappa shape index (κ2) is 7.72. The number of nitrogens with one attached hydrogen (secondary N) is 2. The normalized spacial score (nSPS) is 16.4. The summed E-state index contributed by atoms with van der Waals surface area (Å²) in [5.74, 6) is 0.711. The molecule has 1 aromatic carbocycles. The Kier molecular flexibility index (Phi) is 4.98. The average molecular weight is 362 g/mol. The number of benzene rings is 1. The fourth-order valence-electron chi connectivity index (χ4n) is 3.52. The van der Waals surface area contributed by atoms with Crippen molar-refractivity contribution in [3.05, 3.63) is 65.6 Å². The molecule has 1 amide bonds. The largest absolute Gasteiger partial charge is 0.337 e. The number of pyridine rings is 1. The first kappa shape index (κ1) is 17.4. The molecule has 3 heterocycles. The lowest BCUT2D eigenvalue weighted by atomic mass is 9.99. The smallest absolute Gasteiger partial charge is 0.259 e. The molecule has 0 bridgehead atoms. The number of carbonyl (C=O) groups excluding carboxylic acids is 1. The molecular formula is C21H22N4O2. The Morgan fingerprint density at radius 1 is 1.30 bits per heavy atom. The number of rotatable bonds is 5. The van der Waals surface area contributed by atoms with Gasteiger partial charge in [-0.2, -0.15) is 0 Å². The van der Waals surface area contributed by atoms with Gasteiger partial charge in [-0.25, -0.2) is 0 Å². The fourth-order valence-corrected chi connectivity index (χ4v) is 3.52. The van der Waals surface area contributed by atoms with Crippen molar-refractivity contribution in [3.63, 3.8) is 0 Å². The summed E-state index contributed by atoms with van der Waals surface area (Å²) in [6, 6.07) is 11.7. The summed E-state index contributed by atoms with van der Waals surface area (Å²) >= 11 is 0. The molecule has 0 radical (unpaired) electrons. The van der Waals surface area contributed by atoms with E-state index in [0.717, 1.165) is 48.3 Å². The van der Waals surface area contributed by atoms with E-state index in [1.807, 2.05) is 49.5 Å². The molecule has 3 aromatic rings. The predicted molar refractivity (Wildman–Crippen MR) is 104 cm³/mol. The van der Waals surface area contributed by atoms with Crippen LogP contribution in [0, 0.1) is 12.8 Å². The van der Waals surface area contributed by atoms with Crippen LogP contribution in [0.3, 0.4) is 0 Å². The minimum atomic E-state index is -0.248. The average Bonchev–Trinajstić information content (AvgIpc) is 3.32. The molecule has 1 aliphatic rings. The number of aromatic nitrogens is 2. The summed E-state index contributed by atoms with van der Waals surface area (Å²) in [5, 5.41) is 10.2. The van der Waals surface area contributed by atoms with Crippen molar-refractivity contribution in [3.8, 4) is 11.1 Å². The molecule has 27 heavy (non-hydrogen) atoms. The number of anilines is 1. The highest BCUT2D eigenvalue weighted by Crippen LogP contribution is 2.31. The lowest BCUT2D eigenvalue weighted by Crippen LogP contribution is -2.14. The quantitative estimate of drug-likeness (QED) is 0.727. The standard InChI is InChI=1S/C21H22N4O2/c1-14-19(17-5-3-2-4-6-17)21(27-25-14)24-20(26)18-10-16(12-23-13-18)9-15-7-8-22-11-15/h2-6,10,12-13,15,22H,7-9,11H2,1H3,(H,24,26). The van der Waals surface area contributed by atoms with Crippen LogP contribution < -0.4 is 10.6 Å². The van der Waals surface area contributed by atoms with Gasteiger partial charge in [0, 0.05) is 12.4 Å². The molecule has 1 fully saturated rings. The van der Waals surface area contributed by atoms with Crippen LogP contribution in [0.4, 0.5) is 5.88 Å². The van der Waals surface area contributed by atoms with E-state index in [2.05, 4.69) is 20.8 Å². The molecule has 1 aliphatic heterocycles. The van der Waals surface area contributed by atoms with Gasteiger partial charge in [0.05, 0.1) is 16.8 Å². The summed E-state index contributed by atoms with van der Waals surface area (Å²) in [5.41, 5.74) is 4.08. The third-order valence-electron chi connectivity index (χ3n) is 4.90. The monoisotopic (exact) mass is 362 g/mol. The molecular weight excluding hydrogens is 340 g/mol. The Hall–Kier alpha value is -2.99. The number of nitrogens with zero attached hydrogens (tertiary/aromatic N) is 2. The first-order valence-corrected chi connectivity index (χ1v) is 9.18. The van der Waals surface area contributed by atoms with E-state index in [9.17, 15) is 4.79 Å².